The lowest BCUT2D eigenvalue weighted by molar-refractivity contribution is 0.0559. The van der Waals surface area contributed by atoms with E-state index in [1.54, 1.807) is 6.92 Å². The second-order valence-electron chi connectivity index (χ2n) is 6.24. The van der Waals surface area contributed by atoms with Crippen molar-refractivity contribution in [1.29, 1.82) is 0 Å². The Hall–Kier alpha value is -1.13. The van der Waals surface area contributed by atoms with Gasteiger partial charge in [0.15, 0.2) is 0 Å². The first kappa shape index (κ1) is 15.3. The lowest BCUT2D eigenvalue weighted by atomic mass is 9.99. The fraction of sp³-hybridized carbons (Fsp3) is 0.625. The molecule has 0 unspecified atom stereocenters. The summed E-state index contributed by atoms with van der Waals surface area (Å²) in [5, 5.41) is 10.5. The van der Waals surface area contributed by atoms with Crippen LogP contribution in [0.3, 0.4) is 0 Å². The maximum Gasteiger partial charge on any atom is 0.126 e. The number of halogens is 1. The number of rotatable bonds is 4. The van der Waals surface area contributed by atoms with Crippen LogP contribution in [0.5, 0.6) is 0 Å². The first-order chi connectivity index (χ1) is 9.32. The Balaban J connectivity index is 2.28. The second-order valence-corrected chi connectivity index (χ2v) is 6.24. The van der Waals surface area contributed by atoms with Crippen LogP contribution >= 0.6 is 0 Å². The molecule has 1 fully saturated rings. The van der Waals surface area contributed by atoms with Gasteiger partial charge in [-0.1, -0.05) is 12.8 Å². The van der Waals surface area contributed by atoms with Crippen molar-refractivity contribution in [3.63, 3.8) is 0 Å². The number of likely N-dealkylation sites (N-methyl/N-ethyl adjacent to an activating group) is 1. The van der Waals surface area contributed by atoms with Gasteiger partial charge in [-0.05, 0) is 49.9 Å². The molecule has 0 spiro atoms. The van der Waals surface area contributed by atoms with E-state index in [1.165, 1.54) is 6.07 Å². The van der Waals surface area contributed by atoms with Crippen LogP contribution < -0.4 is 10.6 Å². The molecule has 0 heterocycles. The average Bonchev–Trinajstić information content (AvgIpc) is 2.78. The summed E-state index contributed by atoms with van der Waals surface area (Å²) in [4.78, 5) is 2.01. The van der Waals surface area contributed by atoms with Crippen LogP contribution in [0.4, 0.5) is 10.1 Å². The molecule has 1 aromatic carbocycles. The monoisotopic (exact) mass is 280 g/mol. The minimum absolute atomic E-state index is 0.228. The molecule has 1 atom stereocenters. The number of hydrogen-bond acceptors (Lipinski definition) is 3. The normalized spacial score (nSPS) is 19.1. The van der Waals surface area contributed by atoms with Gasteiger partial charge in [0.05, 0.1) is 5.60 Å². The SMILES string of the molecule is Cc1cc(N(C)CC2(O)CCCC2)c([C@@H](C)N)cc1F. The Morgan fingerprint density at radius 1 is 1.40 bits per heavy atom. The Morgan fingerprint density at radius 3 is 2.55 bits per heavy atom. The van der Waals surface area contributed by atoms with Crippen molar-refractivity contribution in [2.45, 2.75) is 51.2 Å². The Kier molecular flexibility index (Phi) is 4.35. The van der Waals surface area contributed by atoms with E-state index in [-0.39, 0.29) is 11.9 Å². The molecule has 1 aromatic rings. The van der Waals surface area contributed by atoms with E-state index in [0.29, 0.717) is 12.1 Å². The highest BCUT2D eigenvalue weighted by molar-refractivity contribution is 5.56. The van der Waals surface area contributed by atoms with Gasteiger partial charge in [-0.25, -0.2) is 4.39 Å². The molecule has 0 aromatic heterocycles. The van der Waals surface area contributed by atoms with E-state index in [2.05, 4.69) is 0 Å². The first-order valence-electron chi connectivity index (χ1n) is 7.31. The zero-order valence-electron chi connectivity index (χ0n) is 12.6. The molecule has 20 heavy (non-hydrogen) atoms. The van der Waals surface area contributed by atoms with Crippen LogP contribution in [0.25, 0.3) is 0 Å². The van der Waals surface area contributed by atoms with E-state index < -0.39 is 5.60 Å². The van der Waals surface area contributed by atoms with Crippen LogP contribution in [0.2, 0.25) is 0 Å². The van der Waals surface area contributed by atoms with E-state index in [0.717, 1.165) is 36.9 Å². The number of aliphatic hydroxyl groups is 1. The van der Waals surface area contributed by atoms with Crippen molar-refractivity contribution in [3.05, 3.63) is 29.1 Å². The molecular weight excluding hydrogens is 255 g/mol. The van der Waals surface area contributed by atoms with Crippen LogP contribution in [0.1, 0.15) is 49.8 Å². The van der Waals surface area contributed by atoms with Crippen molar-refractivity contribution in [2.75, 3.05) is 18.5 Å². The summed E-state index contributed by atoms with van der Waals surface area (Å²) in [6.45, 7) is 4.17. The number of nitrogens with two attached hydrogens (primary N) is 1. The largest absolute Gasteiger partial charge is 0.388 e. The fourth-order valence-corrected chi connectivity index (χ4v) is 3.09. The summed E-state index contributed by atoms with van der Waals surface area (Å²) in [5.41, 5.74) is 7.65. The van der Waals surface area contributed by atoms with Gasteiger partial charge < -0.3 is 15.7 Å². The molecule has 4 heteroatoms. The Labute approximate surface area is 120 Å². The molecule has 3 N–H and O–H groups in total. The van der Waals surface area contributed by atoms with Crippen LogP contribution in [0.15, 0.2) is 12.1 Å². The van der Waals surface area contributed by atoms with Crippen molar-refractivity contribution in [2.24, 2.45) is 5.73 Å². The lowest BCUT2D eigenvalue weighted by Gasteiger charge is -2.32. The molecule has 3 nitrogen and oxygen atoms in total. The van der Waals surface area contributed by atoms with Crippen molar-refractivity contribution in [3.8, 4) is 0 Å². The maximum atomic E-state index is 13.7. The lowest BCUT2D eigenvalue weighted by Crippen LogP contribution is -2.39. The number of hydrogen-bond donors (Lipinski definition) is 2. The Morgan fingerprint density at radius 2 is 2.00 bits per heavy atom. The van der Waals surface area contributed by atoms with Gasteiger partial charge in [0, 0.05) is 25.3 Å². The average molecular weight is 280 g/mol. The minimum Gasteiger partial charge on any atom is -0.388 e. The molecule has 1 aliphatic carbocycles. The molecular formula is C16H25FN2O. The number of aryl methyl sites for hydroxylation is 1. The third-order valence-electron chi connectivity index (χ3n) is 4.28. The first-order valence-corrected chi connectivity index (χ1v) is 7.31. The maximum absolute atomic E-state index is 13.7. The zero-order valence-corrected chi connectivity index (χ0v) is 12.6. The molecule has 0 radical (unpaired) electrons. The summed E-state index contributed by atoms with van der Waals surface area (Å²) < 4.78 is 13.7. The van der Waals surface area contributed by atoms with E-state index in [1.807, 2.05) is 24.9 Å². The molecule has 1 aliphatic rings. The summed E-state index contributed by atoms with van der Waals surface area (Å²) in [5.74, 6) is -0.228. The van der Waals surface area contributed by atoms with Gasteiger partial charge in [0.25, 0.3) is 0 Å². The summed E-state index contributed by atoms with van der Waals surface area (Å²) in [6.07, 6.45) is 3.83. The van der Waals surface area contributed by atoms with Crippen LogP contribution in [0, 0.1) is 12.7 Å². The highest BCUT2D eigenvalue weighted by Crippen LogP contribution is 2.33. The van der Waals surface area contributed by atoms with E-state index in [4.69, 9.17) is 5.73 Å². The molecule has 112 valence electrons. The topological polar surface area (TPSA) is 49.5 Å². The fourth-order valence-electron chi connectivity index (χ4n) is 3.09. The van der Waals surface area contributed by atoms with Gasteiger partial charge in [0.2, 0.25) is 0 Å². The minimum atomic E-state index is -0.619. The third-order valence-corrected chi connectivity index (χ3v) is 4.28. The Bertz CT molecular complexity index is 482. The smallest absolute Gasteiger partial charge is 0.126 e. The highest BCUT2D eigenvalue weighted by atomic mass is 19.1. The van der Waals surface area contributed by atoms with Gasteiger partial charge in [-0.15, -0.1) is 0 Å². The van der Waals surface area contributed by atoms with Crippen LogP contribution in [-0.4, -0.2) is 24.3 Å². The number of benzene rings is 1. The van der Waals surface area contributed by atoms with Crippen LogP contribution in [-0.2, 0) is 0 Å². The predicted molar refractivity (Wildman–Crippen MR) is 80.4 cm³/mol. The standard InChI is InChI=1S/C16H25FN2O/c1-11-8-15(13(12(2)18)9-14(11)17)19(3)10-16(20)6-4-5-7-16/h8-9,12,20H,4-7,10,18H2,1-3H3/t12-/m1/s1. The zero-order chi connectivity index (χ0) is 14.9. The molecule has 1 saturated carbocycles. The molecule has 0 amide bonds. The van der Waals surface area contributed by atoms with Crippen molar-refractivity contribution < 1.29 is 9.50 Å². The molecule has 0 bridgehead atoms. The van der Waals surface area contributed by atoms with Crippen molar-refractivity contribution >= 4 is 5.69 Å². The predicted octanol–water partition coefficient (Wildman–Crippen LogP) is 2.90. The molecule has 0 saturated heterocycles. The van der Waals surface area contributed by atoms with Gasteiger partial charge in [-0.3, -0.25) is 0 Å². The summed E-state index contributed by atoms with van der Waals surface area (Å²) in [7, 11) is 1.94. The summed E-state index contributed by atoms with van der Waals surface area (Å²) in [6, 6.07) is 3.11. The summed E-state index contributed by atoms with van der Waals surface area (Å²) >= 11 is 0. The van der Waals surface area contributed by atoms with Crippen molar-refractivity contribution in [1.82, 2.24) is 0 Å². The second kappa shape index (κ2) is 5.70. The quantitative estimate of drug-likeness (QED) is 0.891. The molecule has 2 rings (SSSR count). The van der Waals surface area contributed by atoms with E-state index >= 15 is 0 Å². The number of nitrogens with zero attached hydrogens (tertiary/aromatic N) is 1. The van der Waals surface area contributed by atoms with Gasteiger partial charge in [0.1, 0.15) is 5.82 Å². The van der Waals surface area contributed by atoms with Gasteiger partial charge >= 0.3 is 0 Å². The molecule has 0 aliphatic heterocycles. The van der Waals surface area contributed by atoms with E-state index in [9.17, 15) is 9.50 Å². The third kappa shape index (κ3) is 3.13. The highest BCUT2D eigenvalue weighted by Gasteiger charge is 2.32. The number of anilines is 1. The van der Waals surface area contributed by atoms with Gasteiger partial charge in [-0.2, -0.15) is 0 Å².